The van der Waals surface area contributed by atoms with Gasteiger partial charge in [-0.15, -0.1) is 0 Å². The molecule has 0 aromatic heterocycles. The van der Waals surface area contributed by atoms with Gasteiger partial charge < -0.3 is 5.11 Å². The van der Waals surface area contributed by atoms with Gasteiger partial charge in [0.25, 0.3) is 0 Å². The molecule has 2 aliphatic rings. The third-order valence-electron chi connectivity index (χ3n) is 3.36. The fourth-order valence-corrected chi connectivity index (χ4v) is 3.88. The van der Waals surface area contributed by atoms with E-state index in [2.05, 4.69) is 0 Å². The highest BCUT2D eigenvalue weighted by Crippen LogP contribution is 2.48. The molecule has 0 aromatic rings. The Bertz CT molecular complexity index is 332. The summed E-state index contributed by atoms with van der Waals surface area (Å²) in [6.45, 7) is 0. The average Bonchev–Trinajstić information content (AvgIpc) is 2.83. The van der Waals surface area contributed by atoms with Gasteiger partial charge in [-0.1, -0.05) is 0 Å². The largest absolute Gasteiger partial charge is 0.481 e. The Kier molecular flexibility index (Phi) is 2.29. The molecule has 5 heteroatoms. The van der Waals surface area contributed by atoms with Gasteiger partial charge in [0.15, 0.2) is 0 Å². The molecule has 1 N–H and O–H groups in total. The summed E-state index contributed by atoms with van der Waals surface area (Å²) in [4.78, 5) is 10.6. The van der Waals surface area contributed by atoms with Crippen LogP contribution in [0.1, 0.15) is 19.3 Å². The molecule has 80 valence electrons. The molecule has 4 nitrogen and oxygen atoms in total. The van der Waals surface area contributed by atoms with Crippen LogP contribution < -0.4 is 0 Å². The lowest BCUT2D eigenvalue weighted by atomic mass is 9.96. The first-order valence-electron chi connectivity index (χ1n) is 4.93. The van der Waals surface area contributed by atoms with E-state index in [1.165, 1.54) is 0 Å². The van der Waals surface area contributed by atoms with E-state index in [9.17, 15) is 13.2 Å². The van der Waals surface area contributed by atoms with E-state index in [4.69, 9.17) is 5.11 Å². The Morgan fingerprint density at radius 1 is 1.21 bits per heavy atom. The summed E-state index contributed by atoms with van der Waals surface area (Å²) in [7, 11) is -2.81. The van der Waals surface area contributed by atoms with Gasteiger partial charge in [0, 0.05) is 0 Å². The first-order chi connectivity index (χ1) is 6.49. The molecule has 1 saturated heterocycles. The number of carboxylic acid groups (broad SMARTS) is 1. The molecule has 1 saturated carbocycles. The summed E-state index contributed by atoms with van der Waals surface area (Å²) in [5.74, 6) is 0.174. The molecule has 2 fully saturated rings. The van der Waals surface area contributed by atoms with Crippen LogP contribution in [0.3, 0.4) is 0 Å². The second kappa shape index (κ2) is 3.22. The summed E-state index contributed by atoms with van der Waals surface area (Å²) >= 11 is 0. The minimum atomic E-state index is -2.81. The summed E-state index contributed by atoms with van der Waals surface area (Å²) in [5, 5.41) is 8.74. The smallest absolute Gasteiger partial charge is 0.306 e. The molecule has 1 aliphatic carbocycles. The van der Waals surface area contributed by atoms with Crippen LogP contribution in [-0.4, -0.2) is 31.0 Å². The van der Waals surface area contributed by atoms with Crippen molar-refractivity contribution in [1.29, 1.82) is 0 Å². The number of hydrogen-bond donors (Lipinski definition) is 1. The summed E-state index contributed by atoms with van der Waals surface area (Å²) in [6, 6.07) is 0. The zero-order valence-electron chi connectivity index (χ0n) is 7.85. The van der Waals surface area contributed by atoms with Crippen LogP contribution in [0.5, 0.6) is 0 Å². The molecule has 2 atom stereocenters. The SMILES string of the molecule is O=C(O)[C@H]1C[C@@H]1C1CCS(=O)(=O)CC1. The fraction of sp³-hybridized carbons (Fsp3) is 0.889. The highest BCUT2D eigenvalue weighted by Gasteiger charge is 2.48. The molecular formula is C9H14O4S. The lowest BCUT2D eigenvalue weighted by Crippen LogP contribution is -2.25. The predicted octanol–water partition coefficient (Wildman–Crippen LogP) is 0.532. The Morgan fingerprint density at radius 2 is 1.79 bits per heavy atom. The average molecular weight is 218 g/mol. The first-order valence-corrected chi connectivity index (χ1v) is 6.75. The predicted molar refractivity (Wildman–Crippen MR) is 50.6 cm³/mol. The van der Waals surface area contributed by atoms with Gasteiger partial charge in [0.1, 0.15) is 9.84 Å². The van der Waals surface area contributed by atoms with E-state index in [1.807, 2.05) is 0 Å². The van der Waals surface area contributed by atoms with Crippen molar-refractivity contribution in [2.75, 3.05) is 11.5 Å². The maximum absolute atomic E-state index is 11.1. The van der Waals surface area contributed by atoms with Crippen LogP contribution in [0.4, 0.5) is 0 Å². The Hall–Kier alpha value is -0.580. The summed E-state index contributed by atoms with van der Waals surface area (Å²) in [6.07, 6.45) is 2.08. The normalized spacial score (nSPS) is 36.6. The number of sulfone groups is 1. The number of carbonyl (C=O) groups is 1. The highest BCUT2D eigenvalue weighted by molar-refractivity contribution is 7.91. The van der Waals surface area contributed by atoms with E-state index < -0.39 is 15.8 Å². The first kappa shape index (κ1) is 9.96. The maximum atomic E-state index is 11.1. The zero-order chi connectivity index (χ0) is 10.3. The van der Waals surface area contributed by atoms with E-state index in [1.54, 1.807) is 0 Å². The van der Waals surface area contributed by atoms with Gasteiger partial charge in [0.2, 0.25) is 0 Å². The van der Waals surface area contributed by atoms with Crippen LogP contribution in [0, 0.1) is 17.8 Å². The Balaban J connectivity index is 1.89. The van der Waals surface area contributed by atoms with Gasteiger partial charge in [-0.25, -0.2) is 8.42 Å². The van der Waals surface area contributed by atoms with Crippen molar-refractivity contribution in [2.45, 2.75) is 19.3 Å². The fourth-order valence-electron chi connectivity index (χ4n) is 2.36. The molecule has 0 spiro atoms. The number of aliphatic carboxylic acids is 1. The molecular weight excluding hydrogens is 204 g/mol. The minimum absolute atomic E-state index is 0.194. The van der Waals surface area contributed by atoms with E-state index >= 15 is 0 Å². The van der Waals surface area contributed by atoms with Gasteiger partial charge in [-0.3, -0.25) is 4.79 Å². The lowest BCUT2D eigenvalue weighted by molar-refractivity contribution is -0.139. The van der Waals surface area contributed by atoms with Crippen molar-refractivity contribution < 1.29 is 18.3 Å². The van der Waals surface area contributed by atoms with Crippen molar-refractivity contribution in [1.82, 2.24) is 0 Å². The van der Waals surface area contributed by atoms with Crippen molar-refractivity contribution in [3.05, 3.63) is 0 Å². The van der Waals surface area contributed by atoms with E-state index in [-0.39, 0.29) is 23.3 Å². The molecule has 1 heterocycles. The third-order valence-corrected chi connectivity index (χ3v) is 5.08. The topological polar surface area (TPSA) is 71.4 Å². The second-order valence-electron chi connectivity index (χ2n) is 4.33. The van der Waals surface area contributed by atoms with Crippen molar-refractivity contribution in [2.24, 2.45) is 17.8 Å². The molecule has 2 rings (SSSR count). The summed E-state index contributed by atoms with van der Waals surface area (Å²) in [5.41, 5.74) is 0. The second-order valence-corrected chi connectivity index (χ2v) is 6.64. The van der Waals surface area contributed by atoms with Gasteiger partial charge in [0.05, 0.1) is 17.4 Å². The van der Waals surface area contributed by atoms with Crippen LogP contribution >= 0.6 is 0 Å². The molecule has 14 heavy (non-hydrogen) atoms. The van der Waals surface area contributed by atoms with Crippen LogP contribution in [-0.2, 0) is 14.6 Å². The van der Waals surface area contributed by atoms with Crippen molar-refractivity contribution in [3.8, 4) is 0 Å². The lowest BCUT2D eigenvalue weighted by Gasteiger charge is -2.21. The van der Waals surface area contributed by atoms with Gasteiger partial charge >= 0.3 is 5.97 Å². The van der Waals surface area contributed by atoms with Crippen LogP contribution in [0.2, 0.25) is 0 Å². The van der Waals surface area contributed by atoms with E-state index in [0.717, 1.165) is 6.42 Å². The van der Waals surface area contributed by atoms with Gasteiger partial charge in [-0.05, 0) is 31.1 Å². The third kappa shape index (κ3) is 1.92. The molecule has 0 radical (unpaired) electrons. The molecule has 0 amide bonds. The van der Waals surface area contributed by atoms with Gasteiger partial charge in [-0.2, -0.15) is 0 Å². The van der Waals surface area contributed by atoms with E-state index in [0.29, 0.717) is 18.8 Å². The molecule has 0 aromatic carbocycles. The number of rotatable bonds is 2. The highest BCUT2D eigenvalue weighted by atomic mass is 32.2. The summed E-state index contributed by atoms with van der Waals surface area (Å²) < 4.78 is 22.3. The van der Waals surface area contributed by atoms with Crippen molar-refractivity contribution in [3.63, 3.8) is 0 Å². The molecule has 1 aliphatic heterocycles. The van der Waals surface area contributed by atoms with Crippen molar-refractivity contribution >= 4 is 15.8 Å². The maximum Gasteiger partial charge on any atom is 0.306 e. The molecule has 0 unspecified atom stereocenters. The molecule has 0 bridgehead atoms. The standard InChI is InChI=1S/C9H14O4S/c10-9(11)8-5-7(8)6-1-3-14(12,13)4-2-6/h6-8H,1-5H2,(H,10,11)/t7-,8+/m1/s1. The number of hydrogen-bond acceptors (Lipinski definition) is 3. The Labute approximate surface area is 83.2 Å². The van der Waals surface area contributed by atoms with Crippen LogP contribution in [0.25, 0.3) is 0 Å². The van der Waals surface area contributed by atoms with Crippen LogP contribution in [0.15, 0.2) is 0 Å². The Morgan fingerprint density at radius 3 is 2.21 bits per heavy atom. The number of carboxylic acids is 1. The minimum Gasteiger partial charge on any atom is -0.481 e. The quantitative estimate of drug-likeness (QED) is 0.734. The monoisotopic (exact) mass is 218 g/mol. The zero-order valence-corrected chi connectivity index (χ0v) is 8.66.